The Bertz CT molecular complexity index is 420. The Balaban J connectivity index is 2.07. The predicted molar refractivity (Wildman–Crippen MR) is 69.2 cm³/mol. The van der Waals surface area contributed by atoms with Crippen LogP contribution in [0.4, 0.5) is 5.82 Å². The molecular weight excluding hydrogens is 230 g/mol. The molecule has 98 valence electrons. The van der Waals surface area contributed by atoms with Gasteiger partial charge in [-0.05, 0) is 31.9 Å². The number of nitrogens with zero attached hydrogens (tertiary/aromatic N) is 2. The summed E-state index contributed by atoms with van der Waals surface area (Å²) in [6, 6.07) is 3.45. The van der Waals surface area contributed by atoms with Crippen molar-refractivity contribution < 1.29 is 9.53 Å². The lowest BCUT2D eigenvalue weighted by molar-refractivity contribution is 0.00727. The minimum atomic E-state index is -0.0509. The van der Waals surface area contributed by atoms with Crippen molar-refractivity contribution in [3.05, 3.63) is 23.9 Å². The summed E-state index contributed by atoms with van der Waals surface area (Å²) in [4.78, 5) is 18.1. The standard InChI is InChI=1S/C13H19N3O2/c1-2-18-10-5-4-8-16(9-10)13(17)11-6-3-7-15-12(11)14/h3,6-7,10H,2,4-5,8-9H2,1H3,(H2,14,15). The molecule has 1 unspecified atom stereocenters. The van der Waals surface area contributed by atoms with Crippen molar-refractivity contribution in [3.63, 3.8) is 0 Å². The first-order chi connectivity index (χ1) is 8.72. The summed E-state index contributed by atoms with van der Waals surface area (Å²) in [5.74, 6) is 0.242. The van der Waals surface area contributed by atoms with Gasteiger partial charge >= 0.3 is 0 Å². The van der Waals surface area contributed by atoms with Gasteiger partial charge in [-0.2, -0.15) is 0 Å². The topological polar surface area (TPSA) is 68.5 Å². The first-order valence-electron chi connectivity index (χ1n) is 6.33. The molecule has 1 amide bonds. The average Bonchev–Trinajstić information content (AvgIpc) is 2.39. The first-order valence-corrected chi connectivity index (χ1v) is 6.33. The Morgan fingerprint density at radius 2 is 2.50 bits per heavy atom. The molecule has 0 aliphatic carbocycles. The van der Waals surface area contributed by atoms with E-state index in [1.807, 2.05) is 6.92 Å². The van der Waals surface area contributed by atoms with Crippen molar-refractivity contribution in [2.45, 2.75) is 25.9 Å². The molecule has 1 aliphatic heterocycles. The van der Waals surface area contributed by atoms with E-state index in [9.17, 15) is 4.79 Å². The van der Waals surface area contributed by atoms with Crippen molar-refractivity contribution in [1.29, 1.82) is 0 Å². The summed E-state index contributed by atoms with van der Waals surface area (Å²) < 4.78 is 5.59. The first kappa shape index (κ1) is 12.8. The minimum Gasteiger partial charge on any atom is -0.383 e. The summed E-state index contributed by atoms with van der Waals surface area (Å²) in [7, 11) is 0. The molecule has 0 spiro atoms. The van der Waals surface area contributed by atoms with Gasteiger partial charge in [0.2, 0.25) is 0 Å². The maximum absolute atomic E-state index is 12.3. The molecule has 0 bridgehead atoms. The number of aromatic nitrogens is 1. The maximum Gasteiger partial charge on any atom is 0.257 e. The fourth-order valence-corrected chi connectivity index (χ4v) is 2.26. The van der Waals surface area contributed by atoms with E-state index in [1.165, 1.54) is 0 Å². The molecule has 2 rings (SSSR count). The number of likely N-dealkylation sites (tertiary alicyclic amines) is 1. The number of amides is 1. The highest BCUT2D eigenvalue weighted by Gasteiger charge is 2.25. The number of piperidine rings is 1. The van der Waals surface area contributed by atoms with Crippen LogP contribution < -0.4 is 5.73 Å². The Morgan fingerprint density at radius 3 is 3.22 bits per heavy atom. The van der Waals surface area contributed by atoms with E-state index in [0.29, 0.717) is 24.5 Å². The van der Waals surface area contributed by atoms with Crippen LogP contribution in [0.3, 0.4) is 0 Å². The largest absolute Gasteiger partial charge is 0.383 e. The Morgan fingerprint density at radius 1 is 1.67 bits per heavy atom. The normalized spacial score (nSPS) is 19.8. The lowest BCUT2D eigenvalue weighted by Gasteiger charge is -2.32. The number of pyridine rings is 1. The van der Waals surface area contributed by atoms with Crippen molar-refractivity contribution in [3.8, 4) is 0 Å². The Labute approximate surface area is 107 Å². The van der Waals surface area contributed by atoms with Crippen LogP contribution in [0.25, 0.3) is 0 Å². The van der Waals surface area contributed by atoms with E-state index in [2.05, 4.69) is 4.98 Å². The second-order valence-electron chi connectivity index (χ2n) is 4.41. The van der Waals surface area contributed by atoms with Crippen LogP contribution in [0.15, 0.2) is 18.3 Å². The fraction of sp³-hybridized carbons (Fsp3) is 0.538. The molecule has 0 aromatic carbocycles. The summed E-state index contributed by atoms with van der Waals surface area (Å²) in [6.45, 7) is 4.05. The number of nitrogens with two attached hydrogens (primary N) is 1. The van der Waals surface area contributed by atoms with Gasteiger partial charge in [0.1, 0.15) is 5.82 Å². The minimum absolute atomic E-state index is 0.0509. The van der Waals surface area contributed by atoms with Crippen molar-refractivity contribution >= 4 is 11.7 Å². The molecule has 2 N–H and O–H groups in total. The highest BCUT2D eigenvalue weighted by atomic mass is 16.5. The summed E-state index contributed by atoms with van der Waals surface area (Å²) in [5.41, 5.74) is 6.21. The highest BCUT2D eigenvalue weighted by molar-refractivity contribution is 5.98. The summed E-state index contributed by atoms with van der Waals surface area (Å²) in [5, 5.41) is 0. The molecule has 2 heterocycles. The molecule has 1 saturated heterocycles. The maximum atomic E-state index is 12.3. The van der Waals surface area contributed by atoms with Gasteiger partial charge in [0.15, 0.2) is 0 Å². The third kappa shape index (κ3) is 2.79. The lowest BCUT2D eigenvalue weighted by Crippen LogP contribution is -2.43. The van der Waals surface area contributed by atoms with E-state index < -0.39 is 0 Å². The van der Waals surface area contributed by atoms with Gasteiger partial charge in [0.05, 0.1) is 11.7 Å². The number of carbonyl (C=O) groups excluding carboxylic acids is 1. The average molecular weight is 249 g/mol. The number of ether oxygens (including phenoxy) is 1. The van der Waals surface area contributed by atoms with E-state index in [1.54, 1.807) is 23.2 Å². The third-order valence-electron chi connectivity index (χ3n) is 3.14. The highest BCUT2D eigenvalue weighted by Crippen LogP contribution is 2.17. The summed E-state index contributed by atoms with van der Waals surface area (Å²) in [6.07, 6.45) is 3.72. The van der Waals surface area contributed by atoms with Gasteiger partial charge in [-0.15, -0.1) is 0 Å². The molecular formula is C13H19N3O2. The van der Waals surface area contributed by atoms with E-state index in [-0.39, 0.29) is 12.0 Å². The number of hydrogen-bond donors (Lipinski definition) is 1. The molecule has 5 nitrogen and oxygen atoms in total. The molecule has 1 atom stereocenters. The fourth-order valence-electron chi connectivity index (χ4n) is 2.26. The van der Waals surface area contributed by atoms with Gasteiger partial charge in [-0.1, -0.05) is 0 Å². The number of carbonyl (C=O) groups is 1. The number of rotatable bonds is 3. The van der Waals surface area contributed by atoms with Gasteiger partial charge in [-0.3, -0.25) is 4.79 Å². The van der Waals surface area contributed by atoms with Crippen LogP contribution in [0, 0.1) is 0 Å². The van der Waals surface area contributed by atoms with Gasteiger partial charge in [0.25, 0.3) is 5.91 Å². The molecule has 1 aromatic heterocycles. The van der Waals surface area contributed by atoms with Crippen LogP contribution in [-0.2, 0) is 4.74 Å². The quantitative estimate of drug-likeness (QED) is 0.876. The Hall–Kier alpha value is -1.62. The zero-order valence-corrected chi connectivity index (χ0v) is 10.6. The number of anilines is 1. The third-order valence-corrected chi connectivity index (χ3v) is 3.14. The Kier molecular flexibility index (Phi) is 4.15. The second kappa shape index (κ2) is 5.82. The van der Waals surface area contributed by atoms with Gasteiger partial charge in [-0.25, -0.2) is 4.98 Å². The zero-order valence-electron chi connectivity index (χ0n) is 10.6. The van der Waals surface area contributed by atoms with Crippen molar-refractivity contribution in [2.75, 3.05) is 25.4 Å². The molecule has 0 saturated carbocycles. The molecule has 1 aromatic rings. The van der Waals surface area contributed by atoms with E-state index in [0.717, 1.165) is 19.4 Å². The van der Waals surface area contributed by atoms with E-state index in [4.69, 9.17) is 10.5 Å². The molecule has 1 fully saturated rings. The smallest absolute Gasteiger partial charge is 0.257 e. The lowest BCUT2D eigenvalue weighted by atomic mass is 10.1. The monoisotopic (exact) mass is 249 g/mol. The summed E-state index contributed by atoms with van der Waals surface area (Å²) >= 11 is 0. The van der Waals surface area contributed by atoms with Crippen LogP contribution in [0.2, 0.25) is 0 Å². The van der Waals surface area contributed by atoms with Crippen LogP contribution in [0.5, 0.6) is 0 Å². The second-order valence-corrected chi connectivity index (χ2v) is 4.41. The molecule has 5 heteroatoms. The van der Waals surface area contributed by atoms with Crippen LogP contribution in [-0.4, -0.2) is 41.6 Å². The zero-order chi connectivity index (χ0) is 13.0. The van der Waals surface area contributed by atoms with Crippen LogP contribution in [0.1, 0.15) is 30.1 Å². The SMILES string of the molecule is CCOC1CCCN(C(=O)c2cccnc2N)C1. The molecule has 0 radical (unpaired) electrons. The van der Waals surface area contributed by atoms with Crippen molar-refractivity contribution in [1.82, 2.24) is 9.88 Å². The number of nitrogen functional groups attached to an aromatic ring is 1. The van der Waals surface area contributed by atoms with Crippen LogP contribution >= 0.6 is 0 Å². The van der Waals surface area contributed by atoms with E-state index >= 15 is 0 Å². The van der Waals surface area contributed by atoms with Gasteiger partial charge < -0.3 is 15.4 Å². The van der Waals surface area contributed by atoms with Gasteiger partial charge in [0, 0.05) is 25.9 Å². The predicted octanol–water partition coefficient (Wildman–Crippen LogP) is 1.30. The molecule has 18 heavy (non-hydrogen) atoms. The van der Waals surface area contributed by atoms with Crippen molar-refractivity contribution in [2.24, 2.45) is 0 Å². The molecule has 1 aliphatic rings. The number of hydrogen-bond acceptors (Lipinski definition) is 4.